The topological polar surface area (TPSA) is 68.5 Å². The Morgan fingerprint density at radius 1 is 1.36 bits per heavy atom. The maximum atomic E-state index is 12.3. The molecule has 0 bridgehead atoms. The van der Waals surface area contributed by atoms with Gasteiger partial charge in [-0.15, -0.1) is 0 Å². The lowest BCUT2D eigenvalue weighted by atomic mass is 10.1. The van der Waals surface area contributed by atoms with Crippen molar-refractivity contribution in [2.45, 2.75) is 39.2 Å². The molecule has 1 aliphatic carbocycles. The standard InChI is InChI=1S/C19H23N3O3/c1-3-16-18(12(2)21-25-16)15-6-4-5-14(20-15)17-11-22(9-10-24-17)19(23)13-7-8-13/h4-6,13,17H,3,7-11H2,1-2H3/t17-/m1/s1. The normalized spacial score (nSPS) is 20.7. The lowest BCUT2D eigenvalue weighted by Gasteiger charge is -2.33. The monoisotopic (exact) mass is 341 g/mol. The van der Waals surface area contributed by atoms with Gasteiger partial charge < -0.3 is 14.2 Å². The molecule has 3 heterocycles. The molecular formula is C19H23N3O3. The number of hydrogen-bond donors (Lipinski definition) is 0. The molecule has 132 valence electrons. The third-order valence-electron chi connectivity index (χ3n) is 4.92. The molecule has 6 nitrogen and oxygen atoms in total. The van der Waals surface area contributed by atoms with Crippen molar-refractivity contribution in [3.63, 3.8) is 0 Å². The van der Waals surface area contributed by atoms with E-state index in [2.05, 4.69) is 5.16 Å². The summed E-state index contributed by atoms with van der Waals surface area (Å²) in [7, 11) is 0. The van der Waals surface area contributed by atoms with E-state index in [4.69, 9.17) is 14.2 Å². The van der Waals surface area contributed by atoms with E-state index in [1.165, 1.54) is 0 Å². The van der Waals surface area contributed by atoms with Crippen LogP contribution >= 0.6 is 0 Å². The summed E-state index contributed by atoms with van der Waals surface area (Å²) in [5, 5.41) is 4.07. The quantitative estimate of drug-likeness (QED) is 0.855. The number of amides is 1. The fraction of sp³-hybridized carbons (Fsp3) is 0.526. The smallest absolute Gasteiger partial charge is 0.225 e. The number of carbonyl (C=O) groups excluding carboxylic acids is 1. The zero-order valence-corrected chi connectivity index (χ0v) is 14.7. The van der Waals surface area contributed by atoms with Gasteiger partial charge in [0.15, 0.2) is 0 Å². The van der Waals surface area contributed by atoms with Gasteiger partial charge in [0.05, 0.1) is 35.8 Å². The van der Waals surface area contributed by atoms with Gasteiger partial charge in [0.1, 0.15) is 11.9 Å². The predicted molar refractivity (Wildman–Crippen MR) is 91.8 cm³/mol. The van der Waals surface area contributed by atoms with Crippen LogP contribution in [-0.2, 0) is 16.0 Å². The second kappa shape index (κ2) is 6.59. The summed E-state index contributed by atoms with van der Waals surface area (Å²) in [6.07, 6.45) is 2.65. The van der Waals surface area contributed by atoms with E-state index >= 15 is 0 Å². The second-order valence-electron chi connectivity index (χ2n) is 6.79. The highest BCUT2D eigenvalue weighted by Gasteiger charge is 2.36. The lowest BCUT2D eigenvalue weighted by Crippen LogP contribution is -2.43. The van der Waals surface area contributed by atoms with Gasteiger partial charge >= 0.3 is 0 Å². The minimum absolute atomic E-state index is 0.179. The average Bonchev–Trinajstić information content (AvgIpc) is 3.43. The van der Waals surface area contributed by atoms with Crippen LogP contribution in [0.4, 0.5) is 0 Å². The van der Waals surface area contributed by atoms with Crippen molar-refractivity contribution in [3.05, 3.63) is 35.3 Å². The van der Waals surface area contributed by atoms with Gasteiger partial charge in [0.2, 0.25) is 5.91 Å². The molecule has 2 aliphatic rings. The van der Waals surface area contributed by atoms with Gasteiger partial charge in [-0.2, -0.15) is 0 Å². The van der Waals surface area contributed by atoms with Crippen LogP contribution in [0.3, 0.4) is 0 Å². The summed E-state index contributed by atoms with van der Waals surface area (Å²) >= 11 is 0. The van der Waals surface area contributed by atoms with Crippen molar-refractivity contribution < 1.29 is 14.1 Å². The SMILES string of the molecule is CCc1onc(C)c1-c1cccc([C@H]2CN(C(=O)C3CC3)CCO2)n1. The first-order valence-electron chi connectivity index (χ1n) is 9.00. The Morgan fingerprint density at radius 2 is 2.20 bits per heavy atom. The first-order valence-corrected chi connectivity index (χ1v) is 9.00. The molecule has 2 aromatic rings. The molecule has 1 amide bonds. The molecular weight excluding hydrogens is 318 g/mol. The molecule has 1 saturated heterocycles. The van der Waals surface area contributed by atoms with Crippen molar-refractivity contribution in [3.8, 4) is 11.3 Å². The number of aryl methyl sites for hydroxylation is 2. The summed E-state index contributed by atoms with van der Waals surface area (Å²) in [4.78, 5) is 19.1. The van der Waals surface area contributed by atoms with Crippen molar-refractivity contribution in [1.82, 2.24) is 15.0 Å². The molecule has 0 N–H and O–H groups in total. The fourth-order valence-corrected chi connectivity index (χ4v) is 3.37. The number of morpholine rings is 1. The molecule has 0 radical (unpaired) electrons. The van der Waals surface area contributed by atoms with Crippen molar-refractivity contribution in [1.29, 1.82) is 0 Å². The van der Waals surface area contributed by atoms with E-state index in [-0.39, 0.29) is 17.9 Å². The first kappa shape index (κ1) is 16.3. The second-order valence-corrected chi connectivity index (χ2v) is 6.79. The molecule has 0 spiro atoms. The number of pyridine rings is 1. The van der Waals surface area contributed by atoms with Gasteiger partial charge in [-0.3, -0.25) is 4.79 Å². The number of nitrogens with zero attached hydrogens (tertiary/aromatic N) is 3. The fourth-order valence-electron chi connectivity index (χ4n) is 3.37. The summed E-state index contributed by atoms with van der Waals surface area (Å²) in [6, 6.07) is 5.92. The molecule has 0 unspecified atom stereocenters. The molecule has 25 heavy (non-hydrogen) atoms. The van der Waals surface area contributed by atoms with Crippen LogP contribution in [0.15, 0.2) is 22.7 Å². The van der Waals surface area contributed by atoms with Crippen LogP contribution in [0, 0.1) is 12.8 Å². The Morgan fingerprint density at radius 3 is 2.96 bits per heavy atom. The van der Waals surface area contributed by atoms with Crippen molar-refractivity contribution in [2.75, 3.05) is 19.7 Å². The van der Waals surface area contributed by atoms with E-state index in [0.717, 1.165) is 47.7 Å². The molecule has 4 rings (SSSR count). The highest BCUT2D eigenvalue weighted by Crippen LogP contribution is 2.33. The molecule has 1 saturated carbocycles. The Kier molecular flexibility index (Phi) is 4.29. The Balaban J connectivity index is 1.58. The molecule has 1 aliphatic heterocycles. The third-order valence-corrected chi connectivity index (χ3v) is 4.92. The van der Waals surface area contributed by atoms with Crippen molar-refractivity contribution >= 4 is 5.91 Å². The van der Waals surface area contributed by atoms with Crippen LogP contribution in [0.5, 0.6) is 0 Å². The van der Waals surface area contributed by atoms with Crippen molar-refractivity contribution in [2.24, 2.45) is 5.92 Å². The number of carbonyl (C=O) groups is 1. The van der Waals surface area contributed by atoms with Crippen LogP contribution < -0.4 is 0 Å². The first-order chi connectivity index (χ1) is 12.2. The summed E-state index contributed by atoms with van der Waals surface area (Å²) in [5.41, 5.74) is 3.51. The minimum atomic E-state index is -0.179. The summed E-state index contributed by atoms with van der Waals surface area (Å²) < 4.78 is 11.3. The Labute approximate surface area is 147 Å². The molecule has 0 aromatic carbocycles. The minimum Gasteiger partial charge on any atom is -0.368 e. The van der Waals surface area contributed by atoms with Crippen LogP contribution in [0.1, 0.15) is 43.0 Å². The average molecular weight is 341 g/mol. The van der Waals surface area contributed by atoms with E-state index in [1.807, 2.05) is 36.9 Å². The van der Waals surface area contributed by atoms with Gasteiger partial charge in [-0.25, -0.2) is 4.98 Å². The van der Waals surface area contributed by atoms with Crippen LogP contribution in [0.25, 0.3) is 11.3 Å². The Hall–Kier alpha value is -2.21. The van der Waals surface area contributed by atoms with Gasteiger partial charge in [0.25, 0.3) is 0 Å². The van der Waals surface area contributed by atoms with E-state index in [0.29, 0.717) is 19.7 Å². The lowest BCUT2D eigenvalue weighted by molar-refractivity contribution is -0.140. The van der Waals surface area contributed by atoms with Gasteiger partial charge in [-0.1, -0.05) is 18.1 Å². The van der Waals surface area contributed by atoms with E-state index in [1.54, 1.807) is 0 Å². The molecule has 2 aromatic heterocycles. The van der Waals surface area contributed by atoms with Gasteiger partial charge in [0, 0.05) is 18.9 Å². The number of rotatable bonds is 4. The maximum absolute atomic E-state index is 12.3. The number of hydrogen-bond acceptors (Lipinski definition) is 5. The maximum Gasteiger partial charge on any atom is 0.225 e. The summed E-state index contributed by atoms with van der Waals surface area (Å²) in [5.74, 6) is 1.36. The largest absolute Gasteiger partial charge is 0.368 e. The number of ether oxygens (including phenoxy) is 1. The molecule has 1 atom stereocenters. The zero-order chi connectivity index (χ0) is 17.4. The van der Waals surface area contributed by atoms with E-state index in [9.17, 15) is 4.79 Å². The Bertz CT molecular complexity index is 782. The van der Waals surface area contributed by atoms with Crippen LogP contribution in [-0.4, -0.2) is 40.6 Å². The molecule has 2 fully saturated rings. The van der Waals surface area contributed by atoms with Gasteiger partial charge in [-0.05, 0) is 31.9 Å². The van der Waals surface area contributed by atoms with Crippen LogP contribution in [0.2, 0.25) is 0 Å². The summed E-state index contributed by atoms with van der Waals surface area (Å²) in [6.45, 7) is 5.78. The number of aromatic nitrogens is 2. The third kappa shape index (κ3) is 3.18. The van der Waals surface area contributed by atoms with E-state index < -0.39 is 0 Å². The molecule has 6 heteroatoms. The predicted octanol–water partition coefficient (Wildman–Crippen LogP) is 2.92. The zero-order valence-electron chi connectivity index (χ0n) is 14.7. The highest BCUT2D eigenvalue weighted by atomic mass is 16.5. The highest BCUT2D eigenvalue weighted by molar-refractivity contribution is 5.81.